The molecule has 0 aliphatic carbocycles. The molecule has 0 atom stereocenters. The van der Waals surface area contributed by atoms with Gasteiger partial charge >= 0.3 is 0 Å². The fourth-order valence-electron chi connectivity index (χ4n) is 2.16. The Morgan fingerprint density at radius 2 is 1.78 bits per heavy atom. The third kappa shape index (κ3) is 2.45. The van der Waals surface area contributed by atoms with Crippen molar-refractivity contribution in [1.29, 1.82) is 0 Å². The normalized spacial score (nSPS) is 15.9. The van der Waals surface area contributed by atoms with Crippen LogP contribution in [0.3, 0.4) is 0 Å². The average molecular weight is 312 g/mol. The SMILES string of the molecule is Cc1c(Br)cc(C(=O)N2CCOCC2)c(C)c1C. The number of rotatable bonds is 1. The van der Waals surface area contributed by atoms with Crippen molar-refractivity contribution >= 4 is 21.8 Å². The zero-order valence-electron chi connectivity index (χ0n) is 11.0. The Balaban J connectivity index is 2.35. The van der Waals surface area contributed by atoms with E-state index < -0.39 is 0 Å². The summed E-state index contributed by atoms with van der Waals surface area (Å²) in [5.41, 5.74) is 4.26. The standard InChI is InChI=1S/C14H18BrNO2/c1-9-10(2)12(8-13(15)11(9)3)14(17)16-4-6-18-7-5-16/h8H,4-7H2,1-3H3. The summed E-state index contributed by atoms with van der Waals surface area (Å²) in [5.74, 6) is 0.111. The van der Waals surface area contributed by atoms with Gasteiger partial charge in [0.25, 0.3) is 5.91 Å². The molecule has 1 fully saturated rings. The largest absolute Gasteiger partial charge is 0.378 e. The smallest absolute Gasteiger partial charge is 0.254 e. The van der Waals surface area contributed by atoms with Crippen LogP contribution in [-0.4, -0.2) is 37.1 Å². The van der Waals surface area contributed by atoms with Crippen LogP contribution in [0.4, 0.5) is 0 Å². The molecule has 98 valence electrons. The highest BCUT2D eigenvalue weighted by Gasteiger charge is 2.21. The number of hydrogen-bond donors (Lipinski definition) is 0. The van der Waals surface area contributed by atoms with Crippen molar-refractivity contribution in [2.75, 3.05) is 26.3 Å². The summed E-state index contributed by atoms with van der Waals surface area (Å²) < 4.78 is 6.28. The molecule has 0 saturated carbocycles. The van der Waals surface area contributed by atoms with Gasteiger partial charge in [-0.25, -0.2) is 0 Å². The minimum absolute atomic E-state index is 0.111. The molecule has 0 bridgehead atoms. The van der Waals surface area contributed by atoms with E-state index in [1.165, 1.54) is 11.1 Å². The van der Waals surface area contributed by atoms with E-state index in [9.17, 15) is 4.79 Å². The highest BCUT2D eigenvalue weighted by Crippen LogP contribution is 2.26. The molecule has 2 rings (SSSR count). The van der Waals surface area contributed by atoms with Crippen LogP contribution in [0.15, 0.2) is 10.5 Å². The molecule has 18 heavy (non-hydrogen) atoms. The van der Waals surface area contributed by atoms with Gasteiger partial charge in [-0.3, -0.25) is 4.79 Å². The van der Waals surface area contributed by atoms with Crippen molar-refractivity contribution in [3.05, 3.63) is 32.8 Å². The lowest BCUT2D eigenvalue weighted by atomic mass is 9.98. The second-order valence-corrected chi connectivity index (χ2v) is 5.54. The molecule has 0 radical (unpaired) electrons. The molecule has 1 saturated heterocycles. The molecule has 0 spiro atoms. The maximum absolute atomic E-state index is 12.5. The van der Waals surface area contributed by atoms with Gasteiger partial charge in [0.05, 0.1) is 13.2 Å². The first kappa shape index (κ1) is 13.6. The Morgan fingerprint density at radius 3 is 2.39 bits per heavy atom. The van der Waals surface area contributed by atoms with Crippen molar-refractivity contribution in [3.63, 3.8) is 0 Å². The van der Waals surface area contributed by atoms with Gasteiger partial charge in [-0.1, -0.05) is 15.9 Å². The van der Waals surface area contributed by atoms with Crippen molar-refractivity contribution in [1.82, 2.24) is 4.90 Å². The lowest BCUT2D eigenvalue weighted by Gasteiger charge is -2.28. The number of halogens is 1. The van der Waals surface area contributed by atoms with Gasteiger partial charge in [-0.05, 0) is 43.5 Å². The zero-order chi connectivity index (χ0) is 13.3. The summed E-state index contributed by atoms with van der Waals surface area (Å²) in [6, 6.07) is 1.94. The maximum Gasteiger partial charge on any atom is 0.254 e. The fourth-order valence-corrected chi connectivity index (χ4v) is 2.69. The van der Waals surface area contributed by atoms with Crippen LogP contribution in [0.1, 0.15) is 27.0 Å². The first-order valence-electron chi connectivity index (χ1n) is 6.15. The van der Waals surface area contributed by atoms with E-state index in [0.29, 0.717) is 26.3 Å². The van der Waals surface area contributed by atoms with Crippen LogP contribution in [0.5, 0.6) is 0 Å². The summed E-state index contributed by atoms with van der Waals surface area (Å²) in [5, 5.41) is 0. The molecular formula is C14H18BrNO2. The summed E-state index contributed by atoms with van der Waals surface area (Å²) in [7, 11) is 0. The number of nitrogens with zero attached hydrogens (tertiary/aromatic N) is 1. The molecule has 0 unspecified atom stereocenters. The molecule has 1 aliphatic heterocycles. The Hall–Kier alpha value is -0.870. The van der Waals surface area contributed by atoms with Gasteiger partial charge in [-0.15, -0.1) is 0 Å². The predicted octanol–water partition coefficient (Wildman–Crippen LogP) is 2.85. The summed E-state index contributed by atoms with van der Waals surface area (Å²) in [6.45, 7) is 8.78. The van der Waals surface area contributed by atoms with E-state index in [-0.39, 0.29) is 5.91 Å². The van der Waals surface area contributed by atoms with E-state index >= 15 is 0 Å². The number of carbonyl (C=O) groups is 1. The van der Waals surface area contributed by atoms with Crippen LogP contribution >= 0.6 is 15.9 Å². The molecular weight excluding hydrogens is 294 g/mol. The van der Waals surface area contributed by atoms with E-state index in [1.807, 2.05) is 17.9 Å². The second kappa shape index (κ2) is 5.41. The quantitative estimate of drug-likeness (QED) is 0.798. The van der Waals surface area contributed by atoms with E-state index in [1.54, 1.807) is 0 Å². The van der Waals surface area contributed by atoms with Crippen molar-refractivity contribution in [3.8, 4) is 0 Å². The highest BCUT2D eigenvalue weighted by atomic mass is 79.9. The molecule has 0 aromatic heterocycles. The van der Waals surface area contributed by atoms with Crippen LogP contribution in [0.2, 0.25) is 0 Å². The third-order valence-electron chi connectivity index (χ3n) is 3.69. The lowest BCUT2D eigenvalue weighted by molar-refractivity contribution is 0.0302. The van der Waals surface area contributed by atoms with E-state index in [2.05, 4.69) is 29.8 Å². The summed E-state index contributed by atoms with van der Waals surface area (Å²) in [6.07, 6.45) is 0. The molecule has 3 nitrogen and oxygen atoms in total. The average Bonchev–Trinajstić information content (AvgIpc) is 2.41. The topological polar surface area (TPSA) is 29.5 Å². The molecule has 1 heterocycles. The molecule has 1 aromatic rings. The summed E-state index contributed by atoms with van der Waals surface area (Å²) in [4.78, 5) is 14.4. The molecule has 1 aliphatic rings. The van der Waals surface area contributed by atoms with E-state index in [4.69, 9.17) is 4.74 Å². The van der Waals surface area contributed by atoms with E-state index in [0.717, 1.165) is 15.6 Å². The first-order chi connectivity index (χ1) is 8.52. The molecule has 4 heteroatoms. The van der Waals surface area contributed by atoms with Crippen LogP contribution in [0, 0.1) is 20.8 Å². The van der Waals surface area contributed by atoms with Gasteiger partial charge in [0.2, 0.25) is 0 Å². The van der Waals surface area contributed by atoms with Crippen LogP contribution in [0.25, 0.3) is 0 Å². The predicted molar refractivity (Wildman–Crippen MR) is 75.1 cm³/mol. The second-order valence-electron chi connectivity index (χ2n) is 4.69. The van der Waals surface area contributed by atoms with Gasteiger partial charge in [0.15, 0.2) is 0 Å². The summed E-state index contributed by atoms with van der Waals surface area (Å²) >= 11 is 3.53. The third-order valence-corrected chi connectivity index (χ3v) is 4.51. The van der Waals surface area contributed by atoms with Crippen molar-refractivity contribution < 1.29 is 9.53 Å². The lowest BCUT2D eigenvalue weighted by Crippen LogP contribution is -2.41. The maximum atomic E-state index is 12.5. The number of morpholine rings is 1. The Labute approximate surface area is 116 Å². The monoisotopic (exact) mass is 311 g/mol. The van der Waals surface area contributed by atoms with Gasteiger partial charge in [0, 0.05) is 23.1 Å². The minimum atomic E-state index is 0.111. The van der Waals surface area contributed by atoms with Gasteiger partial charge < -0.3 is 9.64 Å². The minimum Gasteiger partial charge on any atom is -0.378 e. The molecule has 0 N–H and O–H groups in total. The first-order valence-corrected chi connectivity index (χ1v) is 6.95. The Kier molecular flexibility index (Phi) is 4.07. The number of benzene rings is 1. The Bertz CT molecular complexity index is 479. The Morgan fingerprint density at radius 1 is 1.17 bits per heavy atom. The van der Waals surface area contributed by atoms with Gasteiger partial charge in [-0.2, -0.15) is 0 Å². The number of carbonyl (C=O) groups excluding carboxylic acids is 1. The number of ether oxygens (including phenoxy) is 1. The van der Waals surface area contributed by atoms with Gasteiger partial charge in [0.1, 0.15) is 0 Å². The number of hydrogen-bond acceptors (Lipinski definition) is 2. The number of amides is 1. The fraction of sp³-hybridized carbons (Fsp3) is 0.500. The van der Waals surface area contributed by atoms with Crippen LogP contribution < -0.4 is 0 Å². The highest BCUT2D eigenvalue weighted by molar-refractivity contribution is 9.10. The van der Waals surface area contributed by atoms with Crippen molar-refractivity contribution in [2.24, 2.45) is 0 Å². The zero-order valence-corrected chi connectivity index (χ0v) is 12.6. The van der Waals surface area contributed by atoms with Crippen LogP contribution in [-0.2, 0) is 4.74 Å². The molecule has 1 amide bonds. The van der Waals surface area contributed by atoms with Crippen molar-refractivity contribution in [2.45, 2.75) is 20.8 Å². The molecule has 1 aromatic carbocycles.